The number of hydrogen-bond acceptors (Lipinski definition) is 5. The summed E-state index contributed by atoms with van der Waals surface area (Å²) >= 11 is 1.28. The van der Waals surface area contributed by atoms with Crippen LogP contribution in [0.5, 0.6) is 0 Å². The van der Waals surface area contributed by atoms with Crippen molar-refractivity contribution in [3.8, 4) is 0 Å². The van der Waals surface area contributed by atoms with Crippen molar-refractivity contribution in [1.29, 1.82) is 0 Å². The number of carbonyl (C=O) groups is 1. The van der Waals surface area contributed by atoms with Gasteiger partial charge in [0.15, 0.2) is 0 Å². The third kappa shape index (κ3) is 4.58. The molecule has 2 heterocycles. The van der Waals surface area contributed by atoms with Crippen molar-refractivity contribution in [1.82, 2.24) is 14.5 Å². The number of methoxy groups -OCH3 is 1. The third-order valence-electron chi connectivity index (χ3n) is 4.45. The fraction of sp³-hybridized carbons (Fsp3) is 0.350. The molecule has 0 saturated carbocycles. The predicted molar refractivity (Wildman–Crippen MR) is 110 cm³/mol. The number of thiophene rings is 1. The monoisotopic (exact) mass is 401 g/mol. The second-order valence-electron chi connectivity index (χ2n) is 6.39. The van der Waals surface area contributed by atoms with Crippen molar-refractivity contribution in [2.24, 2.45) is 0 Å². The van der Waals surface area contributed by atoms with E-state index in [-0.39, 0.29) is 24.6 Å². The second-order valence-corrected chi connectivity index (χ2v) is 7.31. The Kier molecular flexibility index (Phi) is 6.78. The first-order chi connectivity index (χ1) is 13.6. The largest absolute Gasteiger partial charge is 0.385 e. The van der Waals surface area contributed by atoms with Crippen molar-refractivity contribution in [3.05, 3.63) is 68.2 Å². The normalized spacial score (nSPS) is 11.0. The molecule has 0 bridgehead atoms. The van der Waals surface area contributed by atoms with E-state index in [4.69, 9.17) is 4.74 Å². The van der Waals surface area contributed by atoms with Crippen LogP contribution in [0.1, 0.15) is 12.0 Å². The molecule has 0 aliphatic rings. The lowest BCUT2D eigenvalue weighted by molar-refractivity contribution is -0.121. The van der Waals surface area contributed by atoms with E-state index in [9.17, 15) is 14.4 Å². The molecule has 0 atom stereocenters. The van der Waals surface area contributed by atoms with Crippen molar-refractivity contribution in [2.45, 2.75) is 25.9 Å². The molecule has 0 radical (unpaired) electrons. The number of rotatable bonds is 9. The van der Waals surface area contributed by atoms with E-state index in [2.05, 4.69) is 5.32 Å². The first-order valence-electron chi connectivity index (χ1n) is 9.12. The first-order valence-corrected chi connectivity index (χ1v) is 10.00. The Bertz CT molecular complexity index is 1050. The number of nitrogens with zero attached hydrogens (tertiary/aromatic N) is 2. The summed E-state index contributed by atoms with van der Waals surface area (Å²) in [4.78, 5) is 38.0. The molecule has 0 unspecified atom stereocenters. The van der Waals surface area contributed by atoms with Gasteiger partial charge in [-0.15, -0.1) is 11.3 Å². The lowest BCUT2D eigenvalue weighted by atomic mass is 10.1. The molecule has 28 heavy (non-hydrogen) atoms. The SMILES string of the molecule is COCCCNC(=O)Cn1c(=O)n(CCc2ccccc2)c(=O)c2sccc21. The maximum Gasteiger partial charge on any atom is 0.332 e. The Morgan fingerprint density at radius 3 is 2.68 bits per heavy atom. The number of nitrogens with one attached hydrogen (secondary N) is 1. The van der Waals surface area contributed by atoms with Crippen LogP contribution in [0, 0.1) is 0 Å². The topological polar surface area (TPSA) is 82.3 Å². The average Bonchev–Trinajstić information content (AvgIpc) is 3.19. The molecule has 0 fully saturated rings. The molecule has 1 N–H and O–H groups in total. The van der Waals surface area contributed by atoms with Gasteiger partial charge in [0.2, 0.25) is 5.91 Å². The first kappa shape index (κ1) is 20.0. The number of aromatic nitrogens is 2. The summed E-state index contributed by atoms with van der Waals surface area (Å²) in [5, 5.41) is 4.54. The minimum atomic E-state index is -0.459. The Morgan fingerprint density at radius 2 is 1.93 bits per heavy atom. The molecular weight excluding hydrogens is 378 g/mol. The lowest BCUT2D eigenvalue weighted by Crippen LogP contribution is -2.42. The maximum absolute atomic E-state index is 13.0. The Balaban J connectivity index is 1.85. The molecule has 1 amide bonds. The van der Waals surface area contributed by atoms with E-state index < -0.39 is 5.69 Å². The molecule has 148 valence electrons. The van der Waals surface area contributed by atoms with Crippen LogP contribution in [0.15, 0.2) is 51.4 Å². The highest BCUT2D eigenvalue weighted by atomic mass is 32.1. The van der Waals surface area contributed by atoms with Crippen LogP contribution >= 0.6 is 11.3 Å². The van der Waals surface area contributed by atoms with Gasteiger partial charge in [-0.05, 0) is 29.9 Å². The minimum Gasteiger partial charge on any atom is -0.385 e. The van der Waals surface area contributed by atoms with Gasteiger partial charge in [0.1, 0.15) is 11.2 Å². The summed E-state index contributed by atoms with van der Waals surface area (Å²) in [6, 6.07) is 11.4. The standard InChI is InChI=1S/C20H23N3O4S/c1-27-12-5-10-21-17(24)14-23-16-9-13-28-18(16)19(25)22(20(23)26)11-8-15-6-3-2-4-7-15/h2-4,6-7,9,13H,5,8,10-12,14H2,1H3,(H,21,24). The number of carbonyl (C=O) groups excluding carboxylic acids is 1. The zero-order valence-electron chi connectivity index (χ0n) is 15.7. The highest BCUT2D eigenvalue weighted by Gasteiger charge is 2.16. The van der Waals surface area contributed by atoms with Crippen molar-refractivity contribution >= 4 is 27.5 Å². The molecule has 0 aliphatic heterocycles. The summed E-state index contributed by atoms with van der Waals surface area (Å²) in [5.41, 5.74) is 0.784. The number of benzene rings is 1. The van der Waals surface area contributed by atoms with E-state index in [0.717, 1.165) is 5.56 Å². The Hall–Kier alpha value is -2.71. The second kappa shape index (κ2) is 9.48. The predicted octanol–water partition coefficient (Wildman–Crippen LogP) is 1.62. The van der Waals surface area contributed by atoms with Crippen molar-refractivity contribution in [3.63, 3.8) is 0 Å². The van der Waals surface area contributed by atoms with Crippen LogP contribution < -0.4 is 16.6 Å². The molecule has 0 saturated heterocycles. The molecule has 3 rings (SSSR count). The number of aryl methyl sites for hydroxylation is 1. The van der Waals surface area contributed by atoms with Gasteiger partial charge in [-0.2, -0.15) is 0 Å². The lowest BCUT2D eigenvalue weighted by Gasteiger charge is -2.12. The Morgan fingerprint density at radius 1 is 1.14 bits per heavy atom. The summed E-state index contributed by atoms with van der Waals surface area (Å²) in [6.45, 7) is 1.18. The maximum atomic E-state index is 13.0. The van der Waals surface area contributed by atoms with E-state index in [0.29, 0.717) is 36.2 Å². The summed E-state index contributed by atoms with van der Waals surface area (Å²) in [5.74, 6) is -0.265. The molecule has 1 aromatic carbocycles. The van der Waals surface area contributed by atoms with Gasteiger partial charge in [0.05, 0.1) is 5.52 Å². The van der Waals surface area contributed by atoms with E-state index in [1.807, 2.05) is 30.3 Å². The van der Waals surface area contributed by atoms with Crippen LogP contribution in [-0.2, 0) is 29.0 Å². The van der Waals surface area contributed by atoms with Gasteiger partial charge < -0.3 is 10.1 Å². The van der Waals surface area contributed by atoms with Gasteiger partial charge in [-0.25, -0.2) is 4.79 Å². The number of amides is 1. The smallest absolute Gasteiger partial charge is 0.332 e. The molecule has 0 aliphatic carbocycles. The van der Waals surface area contributed by atoms with E-state index >= 15 is 0 Å². The highest BCUT2D eigenvalue weighted by Crippen LogP contribution is 2.15. The van der Waals surface area contributed by atoms with Gasteiger partial charge in [0.25, 0.3) is 5.56 Å². The van der Waals surface area contributed by atoms with Crippen molar-refractivity contribution < 1.29 is 9.53 Å². The third-order valence-corrected chi connectivity index (χ3v) is 5.34. The molecule has 2 aromatic heterocycles. The van der Waals surface area contributed by atoms with Gasteiger partial charge in [-0.1, -0.05) is 30.3 Å². The van der Waals surface area contributed by atoms with E-state index in [1.54, 1.807) is 18.6 Å². The Labute approximate surface area is 166 Å². The zero-order chi connectivity index (χ0) is 19.9. The number of fused-ring (bicyclic) bond motifs is 1. The van der Waals surface area contributed by atoms with E-state index in [1.165, 1.54) is 20.5 Å². The molecule has 8 heteroatoms. The average molecular weight is 401 g/mol. The minimum absolute atomic E-state index is 0.120. The zero-order valence-corrected chi connectivity index (χ0v) is 16.5. The van der Waals surface area contributed by atoms with Crippen LogP contribution in [-0.4, -0.2) is 35.3 Å². The highest BCUT2D eigenvalue weighted by molar-refractivity contribution is 7.17. The van der Waals surface area contributed by atoms with Crippen LogP contribution in [0.25, 0.3) is 10.2 Å². The number of ether oxygens (including phenoxy) is 1. The van der Waals surface area contributed by atoms with Crippen LogP contribution in [0.3, 0.4) is 0 Å². The quantitative estimate of drug-likeness (QED) is 0.553. The van der Waals surface area contributed by atoms with Crippen LogP contribution in [0.2, 0.25) is 0 Å². The van der Waals surface area contributed by atoms with Gasteiger partial charge in [0, 0.05) is 26.8 Å². The number of hydrogen-bond donors (Lipinski definition) is 1. The summed E-state index contributed by atoms with van der Waals surface area (Å²) in [7, 11) is 1.60. The van der Waals surface area contributed by atoms with Crippen LogP contribution in [0.4, 0.5) is 0 Å². The summed E-state index contributed by atoms with van der Waals surface area (Å²) < 4.78 is 8.05. The van der Waals surface area contributed by atoms with Gasteiger partial charge in [-0.3, -0.25) is 18.7 Å². The summed E-state index contributed by atoms with van der Waals surface area (Å²) in [6.07, 6.45) is 1.26. The molecule has 0 spiro atoms. The molecule has 7 nitrogen and oxygen atoms in total. The molecule has 3 aromatic rings. The fourth-order valence-corrected chi connectivity index (χ4v) is 3.86. The van der Waals surface area contributed by atoms with Crippen molar-refractivity contribution in [2.75, 3.05) is 20.3 Å². The molecular formula is C20H23N3O4S. The van der Waals surface area contributed by atoms with Gasteiger partial charge >= 0.3 is 5.69 Å². The fourth-order valence-electron chi connectivity index (χ4n) is 3.01.